The molecule has 4 nitrogen and oxygen atoms in total. The van der Waals surface area contributed by atoms with Gasteiger partial charge in [-0.3, -0.25) is 4.79 Å². The van der Waals surface area contributed by atoms with Crippen LogP contribution < -0.4 is 10.2 Å². The summed E-state index contributed by atoms with van der Waals surface area (Å²) in [5, 5.41) is 6.70. The Morgan fingerprint density at radius 3 is 2.68 bits per heavy atom. The fourth-order valence-corrected chi connectivity index (χ4v) is 3.16. The van der Waals surface area contributed by atoms with Crippen LogP contribution in [0.1, 0.15) is 18.9 Å². The number of rotatable bonds is 6. The summed E-state index contributed by atoms with van der Waals surface area (Å²) in [5.41, 5.74) is 2.01. The van der Waals surface area contributed by atoms with Gasteiger partial charge in [-0.1, -0.05) is 23.7 Å². The Hall–Kier alpha value is -1.43. The number of benzene rings is 1. The Morgan fingerprint density at radius 1 is 1.36 bits per heavy atom. The lowest BCUT2D eigenvalue weighted by atomic mass is 10.2. The van der Waals surface area contributed by atoms with Gasteiger partial charge in [0.2, 0.25) is 0 Å². The van der Waals surface area contributed by atoms with Gasteiger partial charge >= 0.3 is 0 Å². The fourth-order valence-electron chi connectivity index (χ4n) is 2.11. The average molecular weight is 339 g/mol. The molecule has 0 aliphatic carbocycles. The molecule has 0 aliphatic heterocycles. The van der Waals surface area contributed by atoms with Gasteiger partial charge in [0, 0.05) is 22.0 Å². The third kappa shape index (κ3) is 5.09. The van der Waals surface area contributed by atoms with E-state index >= 15 is 0 Å². The first-order valence-corrected chi connectivity index (χ1v) is 8.51. The maximum absolute atomic E-state index is 11.8. The van der Waals surface area contributed by atoms with Crippen molar-refractivity contribution in [3.63, 3.8) is 0 Å². The van der Waals surface area contributed by atoms with Crippen LogP contribution in [0.3, 0.4) is 0 Å². The second kappa shape index (κ2) is 7.72. The number of nitrogens with zero attached hydrogens (tertiary/aromatic N) is 1. The minimum atomic E-state index is 0.0713. The first-order chi connectivity index (χ1) is 10.4. The Bertz CT molecular complexity index is 625. The van der Waals surface area contributed by atoms with Crippen molar-refractivity contribution in [3.8, 4) is 11.3 Å². The summed E-state index contributed by atoms with van der Waals surface area (Å²) in [6.45, 7) is 5.12. The van der Waals surface area contributed by atoms with Crippen molar-refractivity contribution in [2.24, 2.45) is 0 Å². The third-order valence-electron chi connectivity index (χ3n) is 3.06. The molecule has 0 aliphatic rings. The van der Waals surface area contributed by atoms with Crippen LogP contribution in [0.2, 0.25) is 5.02 Å². The second-order valence-corrected chi connectivity index (χ2v) is 7.05. The molecule has 2 aromatic rings. The molecule has 2 rings (SSSR count). The SMILES string of the molecule is CC(C)NC(=O)C[NH+](C)Cc1nc(-c2ccc(Cl)cc2)cs1. The minimum absolute atomic E-state index is 0.0713. The number of aromatic nitrogens is 1. The van der Waals surface area contributed by atoms with Gasteiger partial charge in [-0.15, -0.1) is 11.3 Å². The summed E-state index contributed by atoms with van der Waals surface area (Å²) >= 11 is 7.52. The number of likely N-dealkylation sites (N-methyl/N-ethyl adjacent to an activating group) is 1. The quantitative estimate of drug-likeness (QED) is 0.846. The van der Waals surface area contributed by atoms with E-state index in [0.717, 1.165) is 32.7 Å². The molecule has 2 N–H and O–H groups in total. The zero-order valence-corrected chi connectivity index (χ0v) is 14.6. The number of thiazole rings is 1. The lowest BCUT2D eigenvalue weighted by molar-refractivity contribution is -0.885. The average Bonchev–Trinajstić information content (AvgIpc) is 2.86. The summed E-state index contributed by atoms with van der Waals surface area (Å²) in [6, 6.07) is 7.84. The number of halogens is 1. The lowest BCUT2D eigenvalue weighted by Crippen LogP contribution is -3.09. The molecule has 118 valence electrons. The van der Waals surface area contributed by atoms with E-state index in [0.29, 0.717) is 6.54 Å². The molecule has 1 atom stereocenters. The van der Waals surface area contributed by atoms with E-state index < -0.39 is 0 Å². The van der Waals surface area contributed by atoms with Crippen LogP contribution in [0.5, 0.6) is 0 Å². The zero-order chi connectivity index (χ0) is 16.1. The Balaban J connectivity index is 1.94. The topological polar surface area (TPSA) is 46.4 Å². The summed E-state index contributed by atoms with van der Waals surface area (Å²) in [6.07, 6.45) is 0. The van der Waals surface area contributed by atoms with Crippen molar-refractivity contribution in [2.45, 2.75) is 26.4 Å². The molecular formula is C16H21ClN3OS+. The van der Waals surface area contributed by atoms with Crippen molar-refractivity contribution in [2.75, 3.05) is 13.6 Å². The molecule has 1 amide bonds. The summed E-state index contributed by atoms with van der Waals surface area (Å²) in [4.78, 5) is 17.5. The minimum Gasteiger partial charge on any atom is -0.349 e. The second-order valence-electron chi connectivity index (χ2n) is 5.67. The van der Waals surface area contributed by atoms with Gasteiger partial charge < -0.3 is 10.2 Å². The first-order valence-electron chi connectivity index (χ1n) is 7.25. The van der Waals surface area contributed by atoms with E-state index in [1.54, 1.807) is 11.3 Å². The number of amides is 1. The van der Waals surface area contributed by atoms with E-state index in [-0.39, 0.29) is 11.9 Å². The van der Waals surface area contributed by atoms with E-state index in [1.807, 2.05) is 50.5 Å². The lowest BCUT2D eigenvalue weighted by Gasteiger charge is -2.13. The highest BCUT2D eigenvalue weighted by atomic mass is 35.5. The molecule has 0 fully saturated rings. The fraction of sp³-hybridized carbons (Fsp3) is 0.375. The number of nitrogens with one attached hydrogen (secondary N) is 2. The molecular weight excluding hydrogens is 318 g/mol. The van der Waals surface area contributed by atoms with Crippen LogP contribution in [0.15, 0.2) is 29.6 Å². The normalized spacial score (nSPS) is 12.4. The van der Waals surface area contributed by atoms with Crippen LogP contribution >= 0.6 is 22.9 Å². The summed E-state index contributed by atoms with van der Waals surface area (Å²) in [7, 11) is 2.00. The standard InChI is InChI=1S/C16H20ClN3OS/c1-11(2)18-15(21)8-20(3)9-16-19-14(10-22-16)12-4-6-13(17)7-5-12/h4-7,10-11H,8-9H2,1-3H3,(H,18,21)/p+1. The number of carbonyl (C=O) groups is 1. The predicted molar refractivity (Wildman–Crippen MR) is 91.3 cm³/mol. The monoisotopic (exact) mass is 338 g/mol. The van der Waals surface area contributed by atoms with E-state index in [1.165, 1.54) is 0 Å². The highest BCUT2D eigenvalue weighted by Gasteiger charge is 2.13. The van der Waals surface area contributed by atoms with Gasteiger partial charge in [0.25, 0.3) is 5.91 Å². The first kappa shape index (κ1) is 16.9. The largest absolute Gasteiger partial charge is 0.349 e. The highest BCUT2D eigenvalue weighted by molar-refractivity contribution is 7.09. The van der Waals surface area contributed by atoms with Gasteiger partial charge in [0.15, 0.2) is 6.54 Å². The molecule has 0 spiro atoms. The molecule has 1 aromatic carbocycles. The van der Waals surface area contributed by atoms with E-state index in [2.05, 4.69) is 10.3 Å². The van der Waals surface area contributed by atoms with Gasteiger partial charge in [0.05, 0.1) is 12.7 Å². The van der Waals surface area contributed by atoms with Crippen LogP contribution in [-0.2, 0) is 11.3 Å². The van der Waals surface area contributed by atoms with Crippen LogP contribution in [0.4, 0.5) is 0 Å². The predicted octanol–water partition coefficient (Wildman–Crippen LogP) is 2.00. The van der Waals surface area contributed by atoms with Crippen molar-refractivity contribution >= 4 is 28.8 Å². The smallest absolute Gasteiger partial charge is 0.275 e. The van der Waals surface area contributed by atoms with Gasteiger partial charge in [-0.2, -0.15) is 0 Å². The van der Waals surface area contributed by atoms with Crippen molar-refractivity contribution in [3.05, 3.63) is 39.7 Å². The van der Waals surface area contributed by atoms with Crippen molar-refractivity contribution < 1.29 is 9.69 Å². The maximum atomic E-state index is 11.8. The van der Waals surface area contributed by atoms with Gasteiger partial charge in [-0.25, -0.2) is 4.98 Å². The van der Waals surface area contributed by atoms with E-state index in [4.69, 9.17) is 11.6 Å². The van der Waals surface area contributed by atoms with Crippen molar-refractivity contribution in [1.29, 1.82) is 0 Å². The Morgan fingerprint density at radius 2 is 2.05 bits per heavy atom. The molecule has 0 saturated heterocycles. The molecule has 1 heterocycles. The molecule has 6 heteroatoms. The van der Waals surface area contributed by atoms with Gasteiger partial charge in [-0.05, 0) is 26.0 Å². The molecule has 22 heavy (non-hydrogen) atoms. The molecule has 0 radical (unpaired) electrons. The molecule has 1 aromatic heterocycles. The molecule has 0 saturated carbocycles. The van der Waals surface area contributed by atoms with Crippen LogP contribution in [0.25, 0.3) is 11.3 Å². The van der Waals surface area contributed by atoms with Gasteiger partial charge in [0.1, 0.15) is 11.6 Å². The van der Waals surface area contributed by atoms with Crippen molar-refractivity contribution in [1.82, 2.24) is 10.3 Å². The zero-order valence-electron chi connectivity index (χ0n) is 13.0. The Kier molecular flexibility index (Phi) is 5.94. The number of hydrogen-bond acceptors (Lipinski definition) is 3. The third-order valence-corrected chi connectivity index (χ3v) is 4.16. The number of quaternary nitrogens is 1. The Labute approximate surface area is 140 Å². The summed E-state index contributed by atoms with van der Waals surface area (Å²) in [5.74, 6) is 0.0713. The van der Waals surface area contributed by atoms with Crippen LogP contribution in [0, 0.1) is 0 Å². The number of hydrogen-bond donors (Lipinski definition) is 2. The summed E-state index contributed by atoms with van der Waals surface area (Å²) < 4.78 is 0. The maximum Gasteiger partial charge on any atom is 0.275 e. The highest BCUT2D eigenvalue weighted by Crippen LogP contribution is 2.23. The molecule has 1 unspecified atom stereocenters. The van der Waals surface area contributed by atoms with E-state index in [9.17, 15) is 4.79 Å². The number of carbonyl (C=O) groups excluding carboxylic acids is 1. The van der Waals surface area contributed by atoms with Crippen LogP contribution in [-0.4, -0.2) is 30.5 Å². The molecule has 0 bridgehead atoms.